The van der Waals surface area contributed by atoms with Gasteiger partial charge in [-0.2, -0.15) is 5.10 Å². The first-order valence-electron chi connectivity index (χ1n) is 11.3. The van der Waals surface area contributed by atoms with Gasteiger partial charge in [-0.1, -0.05) is 88.9 Å². The summed E-state index contributed by atoms with van der Waals surface area (Å²) in [5.41, 5.74) is 7.00. The third kappa shape index (κ3) is 5.59. The molecule has 0 unspecified atom stereocenters. The lowest BCUT2D eigenvalue weighted by atomic mass is 10.1. The summed E-state index contributed by atoms with van der Waals surface area (Å²) in [6.45, 7) is 3.05. The average Bonchev–Trinajstić information content (AvgIpc) is 3.49. The Morgan fingerprint density at radius 3 is 2.61 bits per heavy atom. The molecule has 0 aliphatic carbocycles. The highest BCUT2D eigenvalue weighted by Gasteiger charge is 2.11. The van der Waals surface area contributed by atoms with Gasteiger partial charge in [0.2, 0.25) is 0 Å². The molecule has 3 aromatic carbocycles. The standard InChI is InChI=1S/C26H22ClN5OS3/c1-2-32-22-10-6-4-8-19(22)20-13-17(11-12-23(20)32)14-28-29-24(33)16-35-26-31-30-25(36-26)34-15-18-7-3-5-9-21(18)27/h3-14H,2,15-16H2,1H3,(H,29,33)/b28-14-. The Morgan fingerprint density at radius 2 is 1.78 bits per heavy atom. The molecule has 36 heavy (non-hydrogen) atoms. The quantitative estimate of drug-likeness (QED) is 0.123. The molecule has 1 amide bonds. The van der Waals surface area contributed by atoms with E-state index in [4.69, 9.17) is 11.6 Å². The van der Waals surface area contributed by atoms with Crippen LogP contribution >= 0.6 is 46.5 Å². The monoisotopic (exact) mass is 551 g/mol. The number of thioether (sulfide) groups is 2. The highest BCUT2D eigenvalue weighted by Crippen LogP contribution is 2.32. The number of hydrazone groups is 1. The van der Waals surface area contributed by atoms with Crippen LogP contribution in [0.3, 0.4) is 0 Å². The number of aromatic nitrogens is 3. The van der Waals surface area contributed by atoms with E-state index in [1.807, 2.05) is 30.3 Å². The zero-order valence-corrected chi connectivity index (χ0v) is 22.6. The summed E-state index contributed by atoms with van der Waals surface area (Å²) in [6, 6.07) is 22.4. The van der Waals surface area contributed by atoms with Gasteiger partial charge in [-0.25, -0.2) is 5.43 Å². The predicted octanol–water partition coefficient (Wildman–Crippen LogP) is 6.85. The highest BCUT2D eigenvalue weighted by molar-refractivity contribution is 8.03. The fraction of sp³-hybridized carbons (Fsp3) is 0.154. The van der Waals surface area contributed by atoms with Gasteiger partial charge in [-0.3, -0.25) is 4.79 Å². The summed E-state index contributed by atoms with van der Waals surface area (Å²) in [5, 5.41) is 15.7. The minimum Gasteiger partial charge on any atom is -0.341 e. The van der Waals surface area contributed by atoms with Gasteiger partial charge in [0.1, 0.15) is 0 Å². The Balaban J connectivity index is 1.15. The van der Waals surface area contributed by atoms with Gasteiger partial charge >= 0.3 is 0 Å². The molecule has 10 heteroatoms. The van der Waals surface area contributed by atoms with Crippen LogP contribution in [0.5, 0.6) is 0 Å². The van der Waals surface area contributed by atoms with E-state index in [0.717, 1.165) is 37.1 Å². The van der Waals surface area contributed by atoms with Crippen LogP contribution < -0.4 is 5.43 Å². The minimum absolute atomic E-state index is 0.194. The second-order valence-electron chi connectivity index (χ2n) is 7.83. The number of halogens is 1. The zero-order chi connectivity index (χ0) is 24.9. The summed E-state index contributed by atoms with van der Waals surface area (Å²) < 4.78 is 3.89. The summed E-state index contributed by atoms with van der Waals surface area (Å²) in [7, 11) is 0. The number of rotatable bonds is 9. The fourth-order valence-electron chi connectivity index (χ4n) is 3.90. The fourth-order valence-corrected chi connectivity index (χ4v) is 7.00. The van der Waals surface area contributed by atoms with Crippen LogP contribution in [0.4, 0.5) is 0 Å². The lowest BCUT2D eigenvalue weighted by Crippen LogP contribution is -2.19. The van der Waals surface area contributed by atoms with E-state index < -0.39 is 0 Å². The van der Waals surface area contributed by atoms with Crippen molar-refractivity contribution in [3.8, 4) is 0 Å². The molecule has 0 spiro atoms. The molecule has 0 saturated carbocycles. The molecule has 5 aromatic rings. The van der Waals surface area contributed by atoms with E-state index in [2.05, 4.69) is 68.6 Å². The van der Waals surface area contributed by atoms with Crippen LogP contribution in [0.15, 0.2) is 80.5 Å². The lowest BCUT2D eigenvalue weighted by molar-refractivity contribution is -0.118. The van der Waals surface area contributed by atoms with Crippen LogP contribution in [0.1, 0.15) is 18.1 Å². The zero-order valence-electron chi connectivity index (χ0n) is 19.3. The van der Waals surface area contributed by atoms with Gasteiger partial charge in [-0.15, -0.1) is 10.2 Å². The molecule has 5 rings (SSSR count). The number of hydrogen-bond donors (Lipinski definition) is 1. The van der Waals surface area contributed by atoms with E-state index in [1.165, 1.54) is 44.9 Å². The van der Waals surface area contributed by atoms with Crippen LogP contribution in [0.25, 0.3) is 21.8 Å². The van der Waals surface area contributed by atoms with Gasteiger partial charge in [0.25, 0.3) is 5.91 Å². The van der Waals surface area contributed by atoms with Crippen molar-refractivity contribution >= 4 is 80.4 Å². The van der Waals surface area contributed by atoms with Crippen molar-refractivity contribution in [1.29, 1.82) is 0 Å². The van der Waals surface area contributed by atoms with Crippen molar-refractivity contribution in [3.63, 3.8) is 0 Å². The lowest BCUT2D eigenvalue weighted by Gasteiger charge is -2.02. The van der Waals surface area contributed by atoms with Gasteiger partial charge < -0.3 is 4.57 Å². The number of nitrogens with zero attached hydrogens (tertiary/aromatic N) is 4. The Labute approximate surface area is 226 Å². The first-order valence-corrected chi connectivity index (χ1v) is 14.4. The first kappa shape index (κ1) is 24.8. The Morgan fingerprint density at radius 1 is 1.03 bits per heavy atom. The largest absolute Gasteiger partial charge is 0.341 e. The van der Waals surface area contributed by atoms with Gasteiger partial charge in [-0.05, 0) is 42.3 Å². The minimum atomic E-state index is -0.194. The van der Waals surface area contributed by atoms with Crippen LogP contribution in [0, 0.1) is 0 Å². The van der Waals surface area contributed by atoms with E-state index in [0.29, 0.717) is 0 Å². The number of carbonyl (C=O) groups is 1. The van der Waals surface area contributed by atoms with E-state index >= 15 is 0 Å². The highest BCUT2D eigenvalue weighted by atomic mass is 35.5. The normalized spacial score (nSPS) is 11.6. The third-order valence-electron chi connectivity index (χ3n) is 5.54. The first-order chi connectivity index (χ1) is 17.6. The molecular weight excluding hydrogens is 530 g/mol. The van der Waals surface area contributed by atoms with Crippen molar-refractivity contribution in [1.82, 2.24) is 20.2 Å². The molecule has 0 atom stereocenters. The predicted molar refractivity (Wildman–Crippen MR) is 153 cm³/mol. The number of nitrogens with one attached hydrogen (secondary N) is 1. The molecule has 0 aliphatic rings. The molecule has 0 saturated heterocycles. The van der Waals surface area contributed by atoms with Gasteiger partial charge in [0.05, 0.1) is 12.0 Å². The molecule has 1 N–H and O–H groups in total. The van der Waals surface area contributed by atoms with Crippen molar-refractivity contribution in [3.05, 3.63) is 82.9 Å². The Bertz CT molecular complexity index is 1560. The Hall–Kier alpha value is -2.85. The average molecular weight is 552 g/mol. The number of benzene rings is 3. The van der Waals surface area contributed by atoms with Crippen molar-refractivity contribution in [2.45, 2.75) is 27.9 Å². The van der Waals surface area contributed by atoms with Crippen LogP contribution in [0.2, 0.25) is 5.02 Å². The molecule has 0 radical (unpaired) electrons. The smallest absolute Gasteiger partial charge is 0.250 e. The van der Waals surface area contributed by atoms with Crippen molar-refractivity contribution in [2.24, 2.45) is 5.10 Å². The number of carbonyl (C=O) groups excluding carboxylic acids is 1. The molecule has 0 fully saturated rings. The summed E-state index contributed by atoms with van der Waals surface area (Å²) in [5.74, 6) is 0.740. The molecular formula is C26H22ClN5OS3. The number of hydrogen-bond acceptors (Lipinski definition) is 7. The van der Waals surface area contributed by atoms with Gasteiger partial charge in [0.15, 0.2) is 8.68 Å². The second kappa shape index (κ2) is 11.5. The van der Waals surface area contributed by atoms with Gasteiger partial charge in [0, 0.05) is 39.1 Å². The maximum Gasteiger partial charge on any atom is 0.250 e. The maximum absolute atomic E-state index is 12.3. The topological polar surface area (TPSA) is 72.2 Å². The number of aryl methyl sites for hydroxylation is 1. The molecule has 2 aromatic heterocycles. The number of amides is 1. The molecule has 0 bridgehead atoms. The maximum atomic E-state index is 12.3. The van der Waals surface area contributed by atoms with E-state index in [1.54, 1.807) is 18.0 Å². The van der Waals surface area contributed by atoms with Crippen LogP contribution in [-0.2, 0) is 17.1 Å². The summed E-state index contributed by atoms with van der Waals surface area (Å²) in [6.07, 6.45) is 1.68. The number of fused-ring (bicyclic) bond motifs is 3. The van der Waals surface area contributed by atoms with Crippen molar-refractivity contribution < 1.29 is 4.79 Å². The summed E-state index contributed by atoms with van der Waals surface area (Å²) in [4.78, 5) is 12.3. The van der Waals surface area contributed by atoms with E-state index in [-0.39, 0.29) is 11.7 Å². The molecule has 0 aliphatic heterocycles. The van der Waals surface area contributed by atoms with Crippen molar-refractivity contribution in [2.75, 3.05) is 5.75 Å². The molecule has 2 heterocycles. The SMILES string of the molecule is CCn1c2ccccc2c2cc(/C=N\NC(=O)CSc3nnc(SCc4ccccc4Cl)s3)ccc21. The second-order valence-corrected chi connectivity index (χ2v) is 11.7. The molecule has 6 nitrogen and oxygen atoms in total. The molecule has 182 valence electrons. The summed E-state index contributed by atoms with van der Waals surface area (Å²) >= 11 is 10.6. The third-order valence-corrected chi connectivity index (χ3v) is 9.15. The van der Waals surface area contributed by atoms with E-state index in [9.17, 15) is 4.79 Å². The Kier molecular flexibility index (Phi) is 7.91. The number of para-hydroxylation sites is 1. The van der Waals surface area contributed by atoms with Crippen LogP contribution in [-0.4, -0.2) is 32.6 Å².